The topological polar surface area (TPSA) is 66.5 Å². The minimum atomic E-state index is -3.36. The zero-order chi connectivity index (χ0) is 18.2. The molecule has 1 aliphatic rings. The van der Waals surface area contributed by atoms with Gasteiger partial charge in [-0.05, 0) is 36.8 Å². The van der Waals surface area contributed by atoms with E-state index < -0.39 is 33.1 Å². The maximum atomic E-state index is 13.7. The summed E-state index contributed by atoms with van der Waals surface area (Å²) in [5.41, 5.74) is -0.225. The molecule has 25 heavy (non-hydrogen) atoms. The minimum absolute atomic E-state index is 0.0599. The smallest absolute Gasteiger partial charge is 0.261 e. The van der Waals surface area contributed by atoms with Gasteiger partial charge in [-0.2, -0.15) is 0 Å². The molecule has 0 saturated carbocycles. The maximum Gasteiger partial charge on any atom is 0.261 e. The van der Waals surface area contributed by atoms with E-state index in [1.807, 2.05) is 0 Å². The Balaban J connectivity index is 1.86. The van der Waals surface area contributed by atoms with Crippen LogP contribution in [0.4, 0.5) is 20.2 Å². The number of carbonyl (C=O) groups excluding carboxylic acids is 1. The van der Waals surface area contributed by atoms with E-state index in [1.165, 1.54) is 22.5 Å². The predicted molar refractivity (Wildman–Crippen MR) is 91.5 cm³/mol. The summed E-state index contributed by atoms with van der Waals surface area (Å²) >= 11 is 6.09. The SMILES string of the molecule is O=C(Nc1ccc(N2CCCS2(=O)=O)cc1Cl)c1c(F)cccc1F. The van der Waals surface area contributed by atoms with Crippen LogP contribution in [0.25, 0.3) is 0 Å². The lowest BCUT2D eigenvalue weighted by Crippen LogP contribution is -2.25. The molecule has 1 amide bonds. The standard InChI is InChI=1S/C16H13ClF2N2O3S/c17-11-9-10(21-7-2-8-25(21,23)24)5-6-14(11)20-16(22)15-12(18)3-1-4-13(15)19/h1,3-6,9H,2,7-8H2,(H,20,22). The van der Waals surface area contributed by atoms with E-state index in [-0.39, 0.29) is 16.5 Å². The van der Waals surface area contributed by atoms with Crippen LogP contribution in [0.15, 0.2) is 36.4 Å². The quantitative estimate of drug-likeness (QED) is 0.879. The van der Waals surface area contributed by atoms with Crippen molar-refractivity contribution in [1.29, 1.82) is 0 Å². The van der Waals surface area contributed by atoms with Gasteiger partial charge in [0.15, 0.2) is 0 Å². The van der Waals surface area contributed by atoms with Crippen LogP contribution in [-0.4, -0.2) is 26.6 Å². The van der Waals surface area contributed by atoms with Gasteiger partial charge in [-0.1, -0.05) is 17.7 Å². The average Bonchev–Trinajstić information content (AvgIpc) is 2.88. The molecule has 2 aromatic rings. The normalized spacial score (nSPS) is 16.0. The zero-order valence-electron chi connectivity index (χ0n) is 12.8. The van der Waals surface area contributed by atoms with Crippen LogP contribution in [0, 0.1) is 11.6 Å². The number of amides is 1. The largest absolute Gasteiger partial charge is 0.320 e. The molecule has 1 aliphatic heterocycles. The van der Waals surface area contributed by atoms with Gasteiger partial charge in [0.2, 0.25) is 10.0 Å². The highest BCUT2D eigenvalue weighted by atomic mass is 35.5. The number of hydrogen-bond donors (Lipinski definition) is 1. The van der Waals surface area contributed by atoms with E-state index >= 15 is 0 Å². The van der Waals surface area contributed by atoms with E-state index in [0.29, 0.717) is 18.7 Å². The van der Waals surface area contributed by atoms with Crippen molar-refractivity contribution in [2.75, 3.05) is 21.9 Å². The highest BCUT2D eigenvalue weighted by molar-refractivity contribution is 7.93. The molecule has 0 aromatic heterocycles. The van der Waals surface area contributed by atoms with Crippen molar-refractivity contribution in [3.63, 3.8) is 0 Å². The third-order valence-electron chi connectivity index (χ3n) is 3.78. The number of halogens is 3. The van der Waals surface area contributed by atoms with Gasteiger partial charge in [-0.25, -0.2) is 17.2 Å². The summed E-state index contributed by atoms with van der Waals surface area (Å²) in [5.74, 6) is -2.91. The van der Waals surface area contributed by atoms with Crippen LogP contribution in [0.5, 0.6) is 0 Å². The average molecular weight is 387 g/mol. The Morgan fingerprint density at radius 2 is 1.84 bits per heavy atom. The number of nitrogens with one attached hydrogen (secondary N) is 1. The van der Waals surface area contributed by atoms with Crippen molar-refractivity contribution in [1.82, 2.24) is 0 Å². The van der Waals surface area contributed by atoms with E-state index in [2.05, 4.69) is 5.32 Å². The Labute approximate surface area is 148 Å². The van der Waals surface area contributed by atoms with Crippen LogP contribution >= 0.6 is 11.6 Å². The second kappa shape index (κ2) is 6.61. The summed E-state index contributed by atoms with van der Waals surface area (Å²) in [4.78, 5) is 12.1. The minimum Gasteiger partial charge on any atom is -0.320 e. The van der Waals surface area contributed by atoms with Crippen molar-refractivity contribution < 1.29 is 22.0 Å². The van der Waals surface area contributed by atoms with Crippen LogP contribution in [0.1, 0.15) is 16.8 Å². The van der Waals surface area contributed by atoms with Gasteiger partial charge >= 0.3 is 0 Å². The molecule has 1 heterocycles. The number of hydrogen-bond acceptors (Lipinski definition) is 3. The first-order valence-electron chi connectivity index (χ1n) is 7.35. The Hall–Kier alpha value is -2.19. The molecule has 132 valence electrons. The molecular weight excluding hydrogens is 374 g/mol. The van der Waals surface area contributed by atoms with Gasteiger partial charge in [0, 0.05) is 6.54 Å². The lowest BCUT2D eigenvalue weighted by Gasteiger charge is -2.18. The summed E-state index contributed by atoms with van der Waals surface area (Å²) < 4.78 is 52.4. The van der Waals surface area contributed by atoms with Crippen molar-refractivity contribution in [2.24, 2.45) is 0 Å². The number of anilines is 2. The van der Waals surface area contributed by atoms with Crippen molar-refractivity contribution in [3.05, 3.63) is 58.6 Å². The molecule has 0 radical (unpaired) electrons. The molecule has 0 atom stereocenters. The van der Waals surface area contributed by atoms with Gasteiger partial charge in [0.1, 0.15) is 17.2 Å². The fraction of sp³-hybridized carbons (Fsp3) is 0.188. The van der Waals surface area contributed by atoms with E-state index in [1.54, 1.807) is 0 Å². The summed E-state index contributed by atoms with van der Waals surface area (Å²) in [6, 6.07) is 7.35. The molecule has 0 spiro atoms. The second-order valence-electron chi connectivity index (χ2n) is 5.46. The Morgan fingerprint density at radius 1 is 1.16 bits per heavy atom. The van der Waals surface area contributed by atoms with Crippen LogP contribution < -0.4 is 9.62 Å². The van der Waals surface area contributed by atoms with Crippen LogP contribution in [0.2, 0.25) is 5.02 Å². The molecular formula is C16H13ClF2N2O3S. The Kier molecular flexibility index (Phi) is 4.66. The lowest BCUT2D eigenvalue weighted by atomic mass is 10.1. The van der Waals surface area contributed by atoms with Gasteiger partial charge in [0.05, 0.1) is 22.2 Å². The molecule has 0 aliphatic carbocycles. The molecule has 0 bridgehead atoms. The first-order chi connectivity index (χ1) is 11.8. The Bertz CT molecular complexity index is 930. The van der Waals surface area contributed by atoms with Crippen molar-refractivity contribution >= 4 is 38.9 Å². The van der Waals surface area contributed by atoms with E-state index in [9.17, 15) is 22.0 Å². The predicted octanol–water partition coefficient (Wildman–Crippen LogP) is 3.41. The number of benzene rings is 2. The van der Waals surface area contributed by atoms with Gasteiger partial charge in [0.25, 0.3) is 5.91 Å². The summed E-state index contributed by atoms with van der Waals surface area (Å²) in [7, 11) is -3.36. The fourth-order valence-corrected chi connectivity index (χ4v) is 4.37. The van der Waals surface area contributed by atoms with Crippen molar-refractivity contribution in [2.45, 2.75) is 6.42 Å². The second-order valence-corrected chi connectivity index (χ2v) is 7.88. The third-order valence-corrected chi connectivity index (χ3v) is 5.96. The van der Waals surface area contributed by atoms with Crippen molar-refractivity contribution in [3.8, 4) is 0 Å². The molecule has 9 heteroatoms. The molecule has 3 rings (SSSR count). The van der Waals surface area contributed by atoms with Gasteiger partial charge in [-0.15, -0.1) is 0 Å². The maximum absolute atomic E-state index is 13.7. The van der Waals surface area contributed by atoms with Crippen LogP contribution in [0.3, 0.4) is 0 Å². The number of carbonyl (C=O) groups is 1. The van der Waals surface area contributed by atoms with E-state index in [0.717, 1.165) is 18.2 Å². The first kappa shape index (κ1) is 17.6. The van der Waals surface area contributed by atoms with Gasteiger partial charge < -0.3 is 5.32 Å². The molecule has 0 unspecified atom stereocenters. The fourth-order valence-electron chi connectivity index (χ4n) is 2.59. The molecule has 5 nitrogen and oxygen atoms in total. The highest BCUT2D eigenvalue weighted by Crippen LogP contribution is 2.31. The molecule has 1 N–H and O–H groups in total. The zero-order valence-corrected chi connectivity index (χ0v) is 14.4. The Morgan fingerprint density at radius 3 is 2.40 bits per heavy atom. The lowest BCUT2D eigenvalue weighted by molar-refractivity contribution is 0.101. The molecule has 2 aromatic carbocycles. The molecule has 1 fully saturated rings. The molecule has 1 saturated heterocycles. The van der Waals surface area contributed by atoms with E-state index in [4.69, 9.17) is 11.6 Å². The third kappa shape index (κ3) is 3.45. The highest BCUT2D eigenvalue weighted by Gasteiger charge is 2.29. The number of rotatable bonds is 3. The summed E-state index contributed by atoms with van der Waals surface area (Å²) in [6.45, 7) is 0.352. The monoisotopic (exact) mass is 386 g/mol. The van der Waals surface area contributed by atoms with Crippen LogP contribution in [-0.2, 0) is 10.0 Å². The first-order valence-corrected chi connectivity index (χ1v) is 9.33. The van der Waals surface area contributed by atoms with Gasteiger partial charge in [-0.3, -0.25) is 9.10 Å². The summed E-state index contributed by atoms with van der Waals surface area (Å²) in [6.07, 6.45) is 0.519. The number of sulfonamides is 1. The summed E-state index contributed by atoms with van der Waals surface area (Å²) in [5, 5.41) is 2.39. The number of nitrogens with zero attached hydrogens (tertiary/aromatic N) is 1.